The second kappa shape index (κ2) is 10.8. The first-order valence-corrected chi connectivity index (χ1v) is 10.2. The van der Waals surface area contributed by atoms with Crippen molar-refractivity contribution in [3.8, 4) is 0 Å². The summed E-state index contributed by atoms with van der Waals surface area (Å²) in [7, 11) is -1.66. The summed E-state index contributed by atoms with van der Waals surface area (Å²) in [5.41, 5.74) is 0.325. The van der Waals surface area contributed by atoms with Crippen LogP contribution in [-0.2, 0) is 24.1 Å². The highest BCUT2D eigenvalue weighted by molar-refractivity contribution is 7.90. The number of rotatable bonds is 10. The topological polar surface area (TPSA) is 111 Å². The first-order chi connectivity index (χ1) is 12.7. The Morgan fingerprint density at radius 3 is 2.33 bits per heavy atom. The van der Waals surface area contributed by atoms with Crippen molar-refractivity contribution in [3.05, 3.63) is 29.8 Å². The first-order valence-electron chi connectivity index (χ1n) is 8.30. The molecule has 1 aromatic carbocycles. The molecule has 0 aliphatic heterocycles. The Balaban J connectivity index is 2.99. The van der Waals surface area contributed by atoms with Crippen molar-refractivity contribution >= 4 is 21.9 Å². The number of carbonyl (C=O) groups is 2. The molecule has 0 aromatic heterocycles. The van der Waals surface area contributed by atoms with Gasteiger partial charge in [0.1, 0.15) is 6.67 Å². The molecule has 152 valence electrons. The van der Waals surface area contributed by atoms with Gasteiger partial charge in [0.25, 0.3) is 0 Å². The fraction of sp³-hybridized carbons (Fsp3) is 0.529. The van der Waals surface area contributed by atoms with Crippen LogP contribution in [0.3, 0.4) is 0 Å². The van der Waals surface area contributed by atoms with Crippen LogP contribution in [0.15, 0.2) is 29.2 Å². The summed E-state index contributed by atoms with van der Waals surface area (Å²) < 4.78 is 46.8. The largest absolute Gasteiger partial charge is 0.508 e. The third kappa shape index (κ3) is 7.92. The molecular formula is C17H25FN2O6S. The molecule has 1 aromatic rings. The van der Waals surface area contributed by atoms with E-state index < -0.39 is 40.7 Å². The predicted octanol–water partition coefficient (Wildman–Crippen LogP) is 1.37. The minimum absolute atomic E-state index is 0.0657. The Hall–Kier alpha value is -2.20. The number of nitrogens with one attached hydrogen (secondary N) is 2. The Morgan fingerprint density at radius 1 is 1.22 bits per heavy atom. The summed E-state index contributed by atoms with van der Waals surface area (Å²) in [6, 6.07) is 4.31. The average molecular weight is 404 g/mol. The maximum absolute atomic E-state index is 13.5. The van der Waals surface area contributed by atoms with Crippen molar-refractivity contribution in [2.75, 3.05) is 33.1 Å². The van der Waals surface area contributed by atoms with Crippen molar-refractivity contribution in [2.45, 2.75) is 30.4 Å². The lowest BCUT2D eigenvalue weighted by Crippen LogP contribution is -2.41. The summed E-state index contributed by atoms with van der Waals surface area (Å²) in [5, 5.41) is 5.28. The third-order valence-corrected chi connectivity index (χ3v) is 4.70. The van der Waals surface area contributed by atoms with Crippen molar-refractivity contribution in [1.82, 2.24) is 10.6 Å². The Kier molecular flexibility index (Phi) is 9.16. The molecule has 0 fully saturated rings. The SMILES string of the molecule is CNCCCOC(=O)O[C@H](c1ccc(S(C)(=O)=O)cc1)[C@@H](CF)NC(C)=O. The molecule has 27 heavy (non-hydrogen) atoms. The van der Waals surface area contributed by atoms with Crippen LogP contribution in [0.4, 0.5) is 9.18 Å². The molecule has 0 aliphatic carbocycles. The van der Waals surface area contributed by atoms with Gasteiger partial charge in [0.15, 0.2) is 15.9 Å². The molecule has 0 unspecified atom stereocenters. The van der Waals surface area contributed by atoms with Gasteiger partial charge in [-0.3, -0.25) is 4.79 Å². The van der Waals surface area contributed by atoms with Crippen LogP contribution >= 0.6 is 0 Å². The van der Waals surface area contributed by atoms with Gasteiger partial charge in [-0.15, -0.1) is 0 Å². The normalized spacial score (nSPS) is 13.5. The smallest absolute Gasteiger partial charge is 0.434 e. The van der Waals surface area contributed by atoms with Crippen molar-refractivity contribution in [3.63, 3.8) is 0 Å². The summed E-state index contributed by atoms with van der Waals surface area (Å²) in [6.07, 6.45) is -0.561. The molecule has 10 heteroatoms. The standard InChI is InChI=1S/C17H25FN2O6S/c1-12(21)20-15(11-18)16(26-17(22)25-10-4-9-19-2)13-5-7-14(8-6-13)27(3,23)24/h5-8,15-16,19H,4,9-11H2,1-3H3,(H,20,21)/t15-,16-/m1/s1. The lowest BCUT2D eigenvalue weighted by Gasteiger charge is -2.25. The van der Waals surface area contributed by atoms with Gasteiger partial charge in [0, 0.05) is 13.2 Å². The summed E-state index contributed by atoms with van der Waals surface area (Å²) in [4.78, 5) is 23.3. The van der Waals surface area contributed by atoms with Gasteiger partial charge < -0.3 is 20.1 Å². The van der Waals surface area contributed by atoms with Crippen LogP contribution < -0.4 is 10.6 Å². The zero-order chi connectivity index (χ0) is 20.4. The quantitative estimate of drug-likeness (QED) is 0.447. The first kappa shape index (κ1) is 22.8. The number of hydrogen-bond acceptors (Lipinski definition) is 7. The molecule has 0 saturated carbocycles. The van der Waals surface area contributed by atoms with Crippen LogP contribution in [0, 0.1) is 0 Å². The molecule has 1 rings (SSSR count). The molecule has 0 saturated heterocycles. The van der Waals surface area contributed by atoms with Gasteiger partial charge in [0.2, 0.25) is 5.91 Å². The summed E-state index contributed by atoms with van der Waals surface area (Å²) in [5.74, 6) is -0.499. The number of amides is 1. The van der Waals surface area contributed by atoms with Crippen LogP contribution in [0.2, 0.25) is 0 Å². The van der Waals surface area contributed by atoms with E-state index in [1.165, 1.54) is 31.2 Å². The Labute approximate surface area is 158 Å². The van der Waals surface area contributed by atoms with Crippen LogP contribution in [-0.4, -0.2) is 59.7 Å². The van der Waals surface area contributed by atoms with Crippen molar-refractivity contribution in [2.24, 2.45) is 0 Å². The highest BCUT2D eigenvalue weighted by Gasteiger charge is 2.29. The van der Waals surface area contributed by atoms with Crippen LogP contribution in [0.5, 0.6) is 0 Å². The molecule has 0 aliphatic rings. The van der Waals surface area contributed by atoms with E-state index in [0.29, 0.717) is 18.5 Å². The molecule has 1 amide bonds. The van der Waals surface area contributed by atoms with Gasteiger partial charge in [-0.25, -0.2) is 17.6 Å². The summed E-state index contributed by atoms with van der Waals surface area (Å²) in [6.45, 7) is 0.968. The second-order valence-corrected chi connectivity index (χ2v) is 7.91. The minimum atomic E-state index is -3.41. The lowest BCUT2D eigenvalue weighted by molar-refractivity contribution is -0.121. The van der Waals surface area contributed by atoms with Crippen LogP contribution in [0.1, 0.15) is 25.0 Å². The van der Waals surface area contributed by atoms with E-state index in [1.54, 1.807) is 7.05 Å². The molecule has 0 bridgehead atoms. The number of sulfone groups is 1. The number of halogens is 1. The zero-order valence-corrected chi connectivity index (χ0v) is 16.3. The van der Waals surface area contributed by atoms with Crippen molar-refractivity contribution < 1.29 is 31.9 Å². The van der Waals surface area contributed by atoms with E-state index in [4.69, 9.17) is 9.47 Å². The number of alkyl halides is 1. The van der Waals surface area contributed by atoms with E-state index in [2.05, 4.69) is 10.6 Å². The van der Waals surface area contributed by atoms with Gasteiger partial charge >= 0.3 is 6.16 Å². The van der Waals surface area contributed by atoms with Gasteiger partial charge in [-0.2, -0.15) is 0 Å². The molecule has 2 N–H and O–H groups in total. The van der Waals surface area contributed by atoms with Gasteiger partial charge in [-0.1, -0.05) is 12.1 Å². The van der Waals surface area contributed by atoms with E-state index in [1.807, 2.05) is 0 Å². The monoisotopic (exact) mass is 404 g/mol. The molecule has 0 spiro atoms. The average Bonchev–Trinajstić information content (AvgIpc) is 2.61. The highest BCUT2D eigenvalue weighted by Crippen LogP contribution is 2.24. The maximum Gasteiger partial charge on any atom is 0.508 e. The number of carbonyl (C=O) groups excluding carboxylic acids is 2. The Morgan fingerprint density at radius 2 is 1.85 bits per heavy atom. The third-order valence-electron chi connectivity index (χ3n) is 3.57. The minimum Gasteiger partial charge on any atom is -0.434 e. The zero-order valence-electron chi connectivity index (χ0n) is 15.5. The maximum atomic E-state index is 13.5. The molecule has 8 nitrogen and oxygen atoms in total. The van der Waals surface area contributed by atoms with E-state index >= 15 is 0 Å². The lowest BCUT2D eigenvalue weighted by atomic mass is 10.0. The molecule has 2 atom stereocenters. The van der Waals surface area contributed by atoms with E-state index in [0.717, 1.165) is 6.26 Å². The number of ether oxygens (including phenoxy) is 2. The van der Waals surface area contributed by atoms with E-state index in [9.17, 15) is 22.4 Å². The van der Waals surface area contributed by atoms with Gasteiger partial charge in [-0.05, 0) is 37.7 Å². The molecule has 0 radical (unpaired) electrons. The molecular weight excluding hydrogens is 379 g/mol. The summed E-state index contributed by atoms with van der Waals surface area (Å²) >= 11 is 0. The fourth-order valence-electron chi connectivity index (χ4n) is 2.29. The Bertz CT molecular complexity index is 723. The van der Waals surface area contributed by atoms with E-state index in [-0.39, 0.29) is 11.5 Å². The van der Waals surface area contributed by atoms with Crippen LogP contribution in [0.25, 0.3) is 0 Å². The number of benzene rings is 1. The second-order valence-electron chi connectivity index (χ2n) is 5.90. The molecule has 0 heterocycles. The predicted molar refractivity (Wildman–Crippen MR) is 96.8 cm³/mol. The van der Waals surface area contributed by atoms with Gasteiger partial charge in [0.05, 0.1) is 17.5 Å². The fourth-order valence-corrected chi connectivity index (χ4v) is 2.92. The number of hydrogen-bond donors (Lipinski definition) is 2. The highest BCUT2D eigenvalue weighted by atomic mass is 32.2. The van der Waals surface area contributed by atoms with Crippen molar-refractivity contribution in [1.29, 1.82) is 0 Å².